The number of carboxylic acid groups (broad SMARTS) is 1. The zero-order valence-electron chi connectivity index (χ0n) is 11.5. The zero-order valence-corrected chi connectivity index (χ0v) is 13.1. The van der Waals surface area contributed by atoms with E-state index in [2.05, 4.69) is 55.8 Å². The van der Waals surface area contributed by atoms with Gasteiger partial charge < -0.3 is 10.8 Å². The van der Waals surface area contributed by atoms with Gasteiger partial charge in [-0.1, -0.05) is 39.8 Å². The molecule has 4 heteroatoms. The molecular formula is C15H18BrNO2. The highest BCUT2D eigenvalue weighted by Gasteiger charge is 2.36. The van der Waals surface area contributed by atoms with Crippen LogP contribution in [0.3, 0.4) is 0 Å². The minimum atomic E-state index is -0.996. The van der Waals surface area contributed by atoms with E-state index in [0.29, 0.717) is 10.2 Å². The molecule has 0 unspecified atom stereocenters. The lowest BCUT2D eigenvalue weighted by atomic mass is 9.67. The molecular weight excluding hydrogens is 306 g/mol. The first-order valence-electron chi connectivity index (χ1n) is 6.14. The van der Waals surface area contributed by atoms with Gasteiger partial charge in [0.2, 0.25) is 0 Å². The van der Waals surface area contributed by atoms with Crippen LogP contribution < -0.4 is 5.73 Å². The van der Waals surface area contributed by atoms with Gasteiger partial charge in [0.25, 0.3) is 0 Å². The summed E-state index contributed by atoms with van der Waals surface area (Å²) in [6.07, 6.45) is 4.28. The van der Waals surface area contributed by atoms with Crippen molar-refractivity contribution < 1.29 is 9.90 Å². The van der Waals surface area contributed by atoms with Crippen molar-refractivity contribution in [3.63, 3.8) is 0 Å². The maximum Gasteiger partial charge on any atom is 0.337 e. The summed E-state index contributed by atoms with van der Waals surface area (Å²) in [5.74, 6) is -0.996. The summed E-state index contributed by atoms with van der Waals surface area (Å²) in [6, 6.07) is 1.71. The fourth-order valence-corrected chi connectivity index (χ4v) is 3.51. The summed E-state index contributed by atoms with van der Waals surface area (Å²) < 4.78 is 0.699. The Morgan fingerprint density at radius 3 is 2.26 bits per heavy atom. The summed E-state index contributed by atoms with van der Waals surface area (Å²) >= 11 is 3.49. The van der Waals surface area contributed by atoms with Crippen LogP contribution in [-0.4, -0.2) is 11.1 Å². The maximum atomic E-state index is 11.3. The number of anilines is 1. The number of hydrogen-bond acceptors (Lipinski definition) is 2. The first-order valence-corrected chi connectivity index (χ1v) is 6.94. The van der Waals surface area contributed by atoms with E-state index >= 15 is 0 Å². The van der Waals surface area contributed by atoms with Crippen molar-refractivity contribution in [1.29, 1.82) is 0 Å². The zero-order chi connectivity index (χ0) is 14.6. The van der Waals surface area contributed by atoms with Crippen LogP contribution >= 0.6 is 15.9 Å². The molecule has 3 nitrogen and oxygen atoms in total. The third kappa shape index (κ3) is 2.08. The molecule has 0 atom stereocenters. The SMILES string of the molecule is CC1(C)C=CC(C)(C)c2c1cc(C(=O)O)c(N)c2Br. The Bertz CT molecular complexity index is 601. The Labute approximate surface area is 121 Å². The highest BCUT2D eigenvalue weighted by Crippen LogP contribution is 2.47. The maximum absolute atomic E-state index is 11.3. The van der Waals surface area contributed by atoms with E-state index in [9.17, 15) is 9.90 Å². The Kier molecular flexibility index (Phi) is 3.05. The van der Waals surface area contributed by atoms with Gasteiger partial charge in [0.05, 0.1) is 11.3 Å². The van der Waals surface area contributed by atoms with Crippen LogP contribution in [0.1, 0.15) is 49.2 Å². The molecule has 1 aromatic carbocycles. The first kappa shape index (κ1) is 14.1. The first-order chi connectivity index (χ1) is 8.58. The lowest BCUT2D eigenvalue weighted by Gasteiger charge is -2.38. The molecule has 1 aromatic rings. The van der Waals surface area contributed by atoms with E-state index in [-0.39, 0.29) is 16.4 Å². The molecule has 102 valence electrons. The second kappa shape index (κ2) is 4.10. The molecule has 0 aliphatic heterocycles. The summed E-state index contributed by atoms with van der Waals surface area (Å²) in [4.78, 5) is 11.3. The molecule has 0 heterocycles. The number of benzene rings is 1. The summed E-state index contributed by atoms with van der Waals surface area (Å²) in [5.41, 5.74) is 8.13. The Hall–Kier alpha value is -1.29. The van der Waals surface area contributed by atoms with Crippen molar-refractivity contribution in [2.24, 2.45) is 0 Å². The largest absolute Gasteiger partial charge is 0.478 e. The number of carbonyl (C=O) groups is 1. The van der Waals surface area contributed by atoms with Crippen molar-refractivity contribution in [3.8, 4) is 0 Å². The lowest BCUT2D eigenvalue weighted by molar-refractivity contribution is 0.0697. The summed E-state index contributed by atoms with van der Waals surface area (Å²) in [5, 5.41) is 9.27. The smallest absolute Gasteiger partial charge is 0.337 e. The molecule has 0 spiro atoms. The topological polar surface area (TPSA) is 63.3 Å². The normalized spacial score (nSPS) is 19.0. The third-order valence-electron chi connectivity index (χ3n) is 3.79. The fourth-order valence-electron chi connectivity index (χ4n) is 2.57. The molecule has 0 bridgehead atoms. The molecule has 19 heavy (non-hydrogen) atoms. The molecule has 0 radical (unpaired) electrons. The molecule has 1 aliphatic carbocycles. The van der Waals surface area contributed by atoms with Gasteiger partial charge in [0.15, 0.2) is 0 Å². The number of halogens is 1. The van der Waals surface area contributed by atoms with E-state index in [0.717, 1.165) is 11.1 Å². The highest BCUT2D eigenvalue weighted by atomic mass is 79.9. The number of nitrogens with two attached hydrogens (primary N) is 1. The van der Waals surface area contributed by atoms with Crippen LogP contribution in [0.4, 0.5) is 5.69 Å². The number of fused-ring (bicyclic) bond motifs is 1. The average Bonchev–Trinajstić information content (AvgIpc) is 2.27. The Morgan fingerprint density at radius 1 is 1.21 bits per heavy atom. The van der Waals surface area contributed by atoms with Gasteiger partial charge in [-0.15, -0.1) is 0 Å². The molecule has 3 N–H and O–H groups in total. The number of allylic oxidation sites excluding steroid dienone is 2. The number of carboxylic acids is 1. The van der Waals surface area contributed by atoms with Crippen LogP contribution in [0.15, 0.2) is 22.7 Å². The second-order valence-electron chi connectivity index (χ2n) is 6.16. The molecule has 0 saturated carbocycles. The number of rotatable bonds is 1. The van der Waals surface area contributed by atoms with Gasteiger partial charge in [-0.05, 0) is 33.1 Å². The van der Waals surface area contributed by atoms with Crippen LogP contribution in [0.25, 0.3) is 0 Å². The Balaban J connectivity index is 2.88. The quantitative estimate of drug-likeness (QED) is 0.609. The predicted octanol–water partition coefficient (Wildman–Crippen LogP) is 3.85. The van der Waals surface area contributed by atoms with E-state index in [4.69, 9.17) is 5.73 Å². The monoisotopic (exact) mass is 323 g/mol. The minimum Gasteiger partial charge on any atom is -0.478 e. The molecule has 1 aliphatic rings. The average molecular weight is 324 g/mol. The standard InChI is InChI=1S/C15H18BrNO2/c1-14(2)5-6-15(3,4)10-9(14)7-8(13(18)19)12(17)11(10)16/h5-7H,17H2,1-4H3,(H,18,19). The summed E-state index contributed by atoms with van der Waals surface area (Å²) in [6.45, 7) is 8.35. The van der Waals surface area contributed by atoms with Gasteiger partial charge in [0, 0.05) is 15.3 Å². The number of nitrogen functional groups attached to an aromatic ring is 1. The van der Waals surface area contributed by atoms with Crippen LogP contribution in [0.2, 0.25) is 0 Å². The van der Waals surface area contributed by atoms with Crippen molar-refractivity contribution in [2.45, 2.75) is 38.5 Å². The molecule has 0 fully saturated rings. The lowest BCUT2D eigenvalue weighted by Crippen LogP contribution is -2.30. The van der Waals surface area contributed by atoms with Gasteiger partial charge >= 0.3 is 5.97 Å². The Morgan fingerprint density at radius 2 is 1.74 bits per heavy atom. The summed E-state index contributed by atoms with van der Waals surface area (Å²) in [7, 11) is 0. The van der Waals surface area contributed by atoms with Crippen molar-refractivity contribution in [1.82, 2.24) is 0 Å². The van der Waals surface area contributed by atoms with E-state index < -0.39 is 5.97 Å². The van der Waals surface area contributed by atoms with Gasteiger partial charge in [-0.3, -0.25) is 0 Å². The van der Waals surface area contributed by atoms with Crippen LogP contribution in [-0.2, 0) is 10.8 Å². The van der Waals surface area contributed by atoms with E-state index in [1.807, 2.05) is 0 Å². The highest BCUT2D eigenvalue weighted by molar-refractivity contribution is 9.10. The molecule has 0 aromatic heterocycles. The fraction of sp³-hybridized carbons (Fsp3) is 0.400. The van der Waals surface area contributed by atoms with Crippen molar-refractivity contribution in [2.75, 3.05) is 5.73 Å². The molecule has 0 saturated heterocycles. The minimum absolute atomic E-state index is 0.157. The van der Waals surface area contributed by atoms with Crippen molar-refractivity contribution in [3.05, 3.63) is 39.4 Å². The van der Waals surface area contributed by atoms with Crippen LogP contribution in [0.5, 0.6) is 0 Å². The second-order valence-corrected chi connectivity index (χ2v) is 6.95. The van der Waals surface area contributed by atoms with E-state index in [1.54, 1.807) is 6.07 Å². The number of hydrogen-bond donors (Lipinski definition) is 2. The van der Waals surface area contributed by atoms with Crippen LogP contribution in [0, 0.1) is 0 Å². The molecule has 2 rings (SSSR count). The predicted molar refractivity (Wildman–Crippen MR) is 80.7 cm³/mol. The van der Waals surface area contributed by atoms with Gasteiger partial charge in [0.1, 0.15) is 0 Å². The van der Waals surface area contributed by atoms with Crippen molar-refractivity contribution >= 4 is 27.6 Å². The van der Waals surface area contributed by atoms with E-state index in [1.165, 1.54) is 0 Å². The molecule has 0 amide bonds. The van der Waals surface area contributed by atoms with Gasteiger partial charge in [-0.2, -0.15) is 0 Å². The third-order valence-corrected chi connectivity index (χ3v) is 4.61. The number of aromatic carboxylic acids is 1. The van der Waals surface area contributed by atoms with Gasteiger partial charge in [-0.25, -0.2) is 4.79 Å².